The molecule has 1 N–H and O–H groups in total. The molecule has 0 saturated carbocycles. The van der Waals surface area contributed by atoms with Crippen LogP contribution in [0.25, 0.3) is 0 Å². The predicted molar refractivity (Wildman–Crippen MR) is 96.4 cm³/mol. The second-order valence-corrected chi connectivity index (χ2v) is 7.12. The van der Waals surface area contributed by atoms with Crippen molar-refractivity contribution < 1.29 is 14.3 Å². The van der Waals surface area contributed by atoms with Crippen molar-refractivity contribution in [3.05, 3.63) is 46.5 Å². The zero-order valence-corrected chi connectivity index (χ0v) is 15.3. The zero-order chi connectivity index (χ0) is 18.1. The van der Waals surface area contributed by atoms with Crippen molar-refractivity contribution in [3.8, 4) is 6.07 Å². The summed E-state index contributed by atoms with van der Waals surface area (Å²) in [6, 6.07) is 9.07. The molecule has 1 aromatic heterocycles. The number of esters is 1. The molecule has 0 aliphatic rings. The predicted octanol–water partition coefficient (Wildman–Crippen LogP) is 2.93. The number of amides is 1. The summed E-state index contributed by atoms with van der Waals surface area (Å²) >= 11 is 3.12. The minimum atomic E-state index is -0.540. The maximum Gasteiger partial charge on any atom is 0.338 e. The molecule has 0 aliphatic carbocycles. The second-order valence-electron chi connectivity index (χ2n) is 5.03. The van der Waals surface area contributed by atoms with Crippen LogP contribution in [0.1, 0.15) is 28.0 Å². The highest BCUT2D eigenvalue weighted by atomic mass is 32.2. The molecule has 0 unspecified atom stereocenters. The van der Waals surface area contributed by atoms with Crippen molar-refractivity contribution in [1.82, 2.24) is 10.3 Å². The normalized spacial score (nSPS) is 10.1. The third-order valence-corrected chi connectivity index (χ3v) is 5.27. The van der Waals surface area contributed by atoms with Crippen LogP contribution in [0.2, 0.25) is 0 Å². The third kappa shape index (κ3) is 6.21. The van der Waals surface area contributed by atoms with Gasteiger partial charge in [0.25, 0.3) is 5.91 Å². The quantitative estimate of drug-likeness (QED) is 0.433. The minimum absolute atomic E-state index is 0.218. The number of thioether (sulfide) groups is 1. The van der Waals surface area contributed by atoms with Gasteiger partial charge in [0, 0.05) is 23.4 Å². The summed E-state index contributed by atoms with van der Waals surface area (Å²) in [7, 11) is 0. The van der Waals surface area contributed by atoms with Gasteiger partial charge in [-0.25, -0.2) is 9.78 Å². The number of nitrogens with one attached hydrogen (secondary N) is 1. The Morgan fingerprint density at radius 2 is 2.20 bits per heavy atom. The van der Waals surface area contributed by atoms with Crippen LogP contribution in [0.3, 0.4) is 0 Å². The lowest BCUT2D eigenvalue weighted by Gasteiger charge is -2.09. The van der Waals surface area contributed by atoms with Gasteiger partial charge in [0.05, 0.1) is 18.1 Å². The lowest BCUT2D eigenvalue weighted by Crippen LogP contribution is -2.29. The number of carbonyl (C=O) groups is 2. The van der Waals surface area contributed by atoms with Gasteiger partial charge in [0.1, 0.15) is 4.34 Å². The first kappa shape index (κ1) is 19.0. The molecule has 2 rings (SSSR count). The first-order chi connectivity index (χ1) is 12.1. The molecule has 0 radical (unpaired) electrons. The number of carbonyl (C=O) groups excluding carboxylic acids is 2. The van der Waals surface area contributed by atoms with Crippen LogP contribution in [0, 0.1) is 18.3 Å². The molecule has 0 fully saturated rings. The lowest BCUT2D eigenvalue weighted by atomic mass is 10.1. The van der Waals surface area contributed by atoms with E-state index < -0.39 is 11.9 Å². The van der Waals surface area contributed by atoms with Crippen molar-refractivity contribution >= 4 is 35.0 Å². The van der Waals surface area contributed by atoms with Gasteiger partial charge in [0.15, 0.2) is 6.61 Å². The molecular formula is C17H17N3O3S2. The molecule has 1 aromatic carbocycles. The number of rotatable bonds is 8. The monoisotopic (exact) mass is 375 g/mol. The fourth-order valence-corrected chi connectivity index (χ4v) is 3.75. The van der Waals surface area contributed by atoms with E-state index in [0.717, 1.165) is 15.6 Å². The van der Waals surface area contributed by atoms with Crippen molar-refractivity contribution in [2.24, 2.45) is 0 Å². The van der Waals surface area contributed by atoms with E-state index in [0.29, 0.717) is 11.3 Å². The van der Waals surface area contributed by atoms with Crippen molar-refractivity contribution in [2.45, 2.75) is 23.4 Å². The Hall–Kier alpha value is -2.37. The number of hydrogen-bond acceptors (Lipinski definition) is 7. The highest BCUT2D eigenvalue weighted by Gasteiger charge is 2.14. The van der Waals surface area contributed by atoms with E-state index in [-0.39, 0.29) is 19.6 Å². The Balaban J connectivity index is 1.91. The SMILES string of the molecule is Cc1csc(SCc2ccccc2C(=O)OCC(=O)NCCC#N)n1. The molecule has 130 valence electrons. The average molecular weight is 375 g/mol. The Morgan fingerprint density at radius 3 is 2.92 bits per heavy atom. The first-order valence-corrected chi connectivity index (χ1v) is 9.40. The average Bonchev–Trinajstić information content (AvgIpc) is 3.04. The molecule has 1 amide bonds. The van der Waals surface area contributed by atoms with Gasteiger partial charge >= 0.3 is 5.97 Å². The van der Waals surface area contributed by atoms with Gasteiger partial charge in [0.2, 0.25) is 0 Å². The van der Waals surface area contributed by atoms with Crippen LogP contribution in [0.4, 0.5) is 0 Å². The van der Waals surface area contributed by atoms with Gasteiger partial charge in [-0.15, -0.1) is 11.3 Å². The fraction of sp³-hybridized carbons (Fsp3) is 0.294. The van der Waals surface area contributed by atoms with Gasteiger partial charge in [-0.1, -0.05) is 30.0 Å². The zero-order valence-electron chi connectivity index (χ0n) is 13.7. The van der Waals surface area contributed by atoms with E-state index in [4.69, 9.17) is 10.00 Å². The van der Waals surface area contributed by atoms with Crippen molar-refractivity contribution in [1.29, 1.82) is 5.26 Å². The molecule has 8 heteroatoms. The number of hydrogen-bond donors (Lipinski definition) is 1. The number of aromatic nitrogens is 1. The number of benzene rings is 1. The van der Waals surface area contributed by atoms with E-state index in [9.17, 15) is 9.59 Å². The molecular weight excluding hydrogens is 358 g/mol. The lowest BCUT2D eigenvalue weighted by molar-refractivity contribution is -0.124. The van der Waals surface area contributed by atoms with E-state index in [1.54, 1.807) is 35.2 Å². The molecule has 1 heterocycles. The van der Waals surface area contributed by atoms with E-state index in [1.807, 2.05) is 30.5 Å². The van der Waals surface area contributed by atoms with Gasteiger partial charge in [-0.3, -0.25) is 4.79 Å². The van der Waals surface area contributed by atoms with E-state index >= 15 is 0 Å². The topological polar surface area (TPSA) is 92.1 Å². The van der Waals surface area contributed by atoms with Crippen LogP contribution >= 0.6 is 23.1 Å². The molecule has 0 aliphatic heterocycles. The molecule has 6 nitrogen and oxygen atoms in total. The van der Waals surface area contributed by atoms with Crippen LogP contribution < -0.4 is 5.32 Å². The molecule has 0 saturated heterocycles. The van der Waals surface area contributed by atoms with Gasteiger partial charge in [-0.2, -0.15) is 5.26 Å². The number of thiazole rings is 1. The molecule has 0 atom stereocenters. The summed E-state index contributed by atoms with van der Waals surface area (Å²) in [5.74, 6) is -0.372. The van der Waals surface area contributed by atoms with Crippen LogP contribution in [-0.4, -0.2) is 30.0 Å². The minimum Gasteiger partial charge on any atom is -0.452 e. The Kier molecular flexibility index (Phi) is 7.44. The summed E-state index contributed by atoms with van der Waals surface area (Å²) < 4.78 is 6.00. The maximum atomic E-state index is 12.2. The van der Waals surface area contributed by atoms with Crippen LogP contribution in [0.5, 0.6) is 0 Å². The Labute approximate surface area is 154 Å². The summed E-state index contributed by atoms with van der Waals surface area (Å²) in [5, 5.41) is 12.9. The largest absolute Gasteiger partial charge is 0.452 e. The van der Waals surface area contributed by atoms with Crippen molar-refractivity contribution in [2.75, 3.05) is 13.2 Å². The molecule has 2 aromatic rings. The third-order valence-electron chi connectivity index (χ3n) is 3.08. The fourth-order valence-electron chi connectivity index (χ4n) is 1.90. The second kappa shape index (κ2) is 9.81. The Morgan fingerprint density at radius 1 is 1.40 bits per heavy atom. The molecule has 25 heavy (non-hydrogen) atoms. The van der Waals surface area contributed by atoms with Crippen molar-refractivity contribution in [3.63, 3.8) is 0 Å². The summed E-state index contributed by atoms with van der Waals surface area (Å²) in [5.41, 5.74) is 2.24. The van der Waals surface area contributed by atoms with Gasteiger partial charge < -0.3 is 10.1 Å². The van der Waals surface area contributed by atoms with Gasteiger partial charge in [-0.05, 0) is 18.6 Å². The summed E-state index contributed by atoms with van der Waals surface area (Å²) in [6.07, 6.45) is 0.218. The standard InChI is InChI=1S/C17H17N3O3S2/c1-12-10-24-17(20-12)25-11-13-5-2-3-6-14(13)16(22)23-9-15(21)19-8-4-7-18/h2-3,5-6,10H,4,8-9,11H2,1H3,(H,19,21). The highest BCUT2D eigenvalue weighted by Crippen LogP contribution is 2.27. The number of ether oxygens (including phenoxy) is 1. The van der Waals surface area contributed by atoms with Crippen LogP contribution in [0.15, 0.2) is 34.0 Å². The molecule has 0 bridgehead atoms. The smallest absolute Gasteiger partial charge is 0.338 e. The summed E-state index contributed by atoms with van der Waals surface area (Å²) in [6.45, 7) is 1.82. The van der Waals surface area contributed by atoms with E-state index in [2.05, 4.69) is 10.3 Å². The highest BCUT2D eigenvalue weighted by molar-refractivity contribution is 8.00. The first-order valence-electron chi connectivity index (χ1n) is 7.53. The number of nitriles is 1. The van der Waals surface area contributed by atoms with E-state index in [1.165, 1.54) is 0 Å². The summed E-state index contributed by atoms with van der Waals surface area (Å²) in [4.78, 5) is 28.2. The number of nitrogens with zero attached hydrogens (tertiary/aromatic N) is 2. The maximum absolute atomic E-state index is 12.2. The van der Waals surface area contributed by atoms with Crippen LogP contribution in [-0.2, 0) is 15.3 Å². The number of aryl methyl sites for hydroxylation is 1. The molecule has 0 spiro atoms. The Bertz CT molecular complexity index is 783.